The van der Waals surface area contributed by atoms with Gasteiger partial charge in [-0.2, -0.15) is 0 Å². The molecular weight excluding hydrogens is 250 g/mol. The number of rotatable bonds is 1. The first-order valence-electron chi connectivity index (χ1n) is 7.22. The molecule has 1 aliphatic heterocycles. The fourth-order valence-corrected chi connectivity index (χ4v) is 2.92. The number of aromatic nitrogens is 1. The minimum atomic E-state index is -0.0204. The molecule has 1 aliphatic rings. The first-order valence-corrected chi connectivity index (χ1v) is 7.22. The van der Waals surface area contributed by atoms with Crippen molar-refractivity contribution in [2.24, 2.45) is 0 Å². The second-order valence-electron chi connectivity index (χ2n) is 5.74. The number of carbonyl (C=O) groups is 1. The van der Waals surface area contributed by atoms with Gasteiger partial charge in [-0.05, 0) is 38.9 Å². The summed E-state index contributed by atoms with van der Waals surface area (Å²) in [5.41, 5.74) is 0.964. The molecule has 0 aliphatic carbocycles. The number of fused-ring (bicyclic) bond motifs is 1. The predicted octanol–water partition coefficient (Wildman–Crippen LogP) is 2.68. The molecule has 1 N–H and O–H groups in total. The SMILES string of the molecule is CC1CC(NC(=O)n2ccc3ccccc32)CCN1C. The van der Waals surface area contributed by atoms with E-state index >= 15 is 0 Å². The number of likely N-dealkylation sites (tertiary alicyclic amines) is 1. The van der Waals surface area contributed by atoms with Gasteiger partial charge in [0.25, 0.3) is 0 Å². The molecule has 1 amide bonds. The molecule has 106 valence electrons. The van der Waals surface area contributed by atoms with Gasteiger partial charge in [-0.1, -0.05) is 18.2 Å². The summed E-state index contributed by atoms with van der Waals surface area (Å²) in [5, 5.41) is 4.26. The van der Waals surface area contributed by atoms with Crippen LogP contribution < -0.4 is 5.32 Å². The van der Waals surface area contributed by atoms with E-state index in [1.165, 1.54) is 0 Å². The van der Waals surface area contributed by atoms with E-state index in [4.69, 9.17) is 0 Å². The zero-order chi connectivity index (χ0) is 14.1. The van der Waals surface area contributed by atoms with Crippen LogP contribution in [0.1, 0.15) is 19.8 Å². The molecule has 0 bridgehead atoms. The zero-order valence-electron chi connectivity index (χ0n) is 12.0. The molecule has 1 saturated heterocycles. The van der Waals surface area contributed by atoms with Gasteiger partial charge >= 0.3 is 6.03 Å². The third-order valence-corrected chi connectivity index (χ3v) is 4.35. The van der Waals surface area contributed by atoms with Gasteiger partial charge in [0, 0.05) is 30.2 Å². The van der Waals surface area contributed by atoms with Crippen LogP contribution >= 0.6 is 0 Å². The standard InChI is InChI=1S/C16H21N3O/c1-12-11-14(8-9-18(12)2)17-16(20)19-10-7-13-5-3-4-6-15(13)19/h3-7,10,12,14H,8-9,11H2,1-2H3,(H,17,20). The number of amides is 1. The molecule has 0 radical (unpaired) electrons. The van der Waals surface area contributed by atoms with Crippen LogP contribution in [-0.4, -0.2) is 41.2 Å². The second kappa shape index (κ2) is 5.29. The Morgan fingerprint density at radius 1 is 1.30 bits per heavy atom. The van der Waals surface area contributed by atoms with E-state index in [-0.39, 0.29) is 12.1 Å². The summed E-state index contributed by atoms with van der Waals surface area (Å²) in [4.78, 5) is 14.8. The molecule has 0 saturated carbocycles. The number of nitrogens with one attached hydrogen (secondary N) is 1. The highest BCUT2D eigenvalue weighted by Gasteiger charge is 2.24. The maximum atomic E-state index is 12.4. The van der Waals surface area contributed by atoms with Crippen molar-refractivity contribution >= 4 is 16.9 Å². The number of hydrogen-bond acceptors (Lipinski definition) is 2. The summed E-state index contributed by atoms with van der Waals surface area (Å²) < 4.78 is 1.71. The zero-order valence-corrected chi connectivity index (χ0v) is 12.0. The quantitative estimate of drug-likeness (QED) is 0.866. The molecule has 1 aromatic heterocycles. The van der Waals surface area contributed by atoms with Gasteiger partial charge < -0.3 is 10.2 Å². The molecule has 1 fully saturated rings. The molecule has 1 aromatic carbocycles. The summed E-state index contributed by atoms with van der Waals surface area (Å²) in [6.45, 7) is 3.25. The van der Waals surface area contributed by atoms with Crippen molar-refractivity contribution in [2.45, 2.75) is 31.8 Å². The van der Waals surface area contributed by atoms with Crippen LogP contribution in [0.15, 0.2) is 36.5 Å². The smallest absolute Gasteiger partial charge is 0.326 e. The van der Waals surface area contributed by atoms with E-state index in [9.17, 15) is 4.79 Å². The highest BCUT2D eigenvalue weighted by atomic mass is 16.2. The summed E-state index contributed by atoms with van der Waals surface area (Å²) in [6, 6.07) is 10.7. The van der Waals surface area contributed by atoms with E-state index in [0.29, 0.717) is 6.04 Å². The van der Waals surface area contributed by atoms with Crippen molar-refractivity contribution in [1.82, 2.24) is 14.8 Å². The van der Waals surface area contributed by atoms with E-state index in [2.05, 4.69) is 24.2 Å². The Hall–Kier alpha value is -1.81. The molecule has 3 rings (SSSR count). The van der Waals surface area contributed by atoms with Gasteiger partial charge in [-0.25, -0.2) is 4.79 Å². The molecule has 2 aromatic rings. The Bertz CT molecular complexity index is 619. The number of hydrogen-bond donors (Lipinski definition) is 1. The molecule has 4 nitrogen and oxygen atoms in total. The van der Waals surface area contributed by atoms with Crippen LogP contribution in [0.4, 0.5) is 4.79 Å². The van der Waals surface area contributed by atoms with Crippen molar-refractivity contribution in [2.75, 3.05) is 13.6 Å². The third kappa shape index (κ3) is 2.43. The number of para-hydroxylation sites is 1. The number of nitrogens with zero attached hydrogens (tertiary/aromatic N) is 2. The highest BCUT2D eigenvalue weighted by Crippen LogP contribution is 2.17. The van der Waals surface area contributed by atoms with Gasteiger partial charge in [0.2, 0.25) is 0 Å². The molecule has 0 spiro atoms. The molecule has 4 heteroatoms. The Labute approximate surface area is 119 Å². The van der Waals surface area contributed by atoms with Crippen LogP contribution in [0.3, 0.4) is 0 Å². The van der Waals surface area contributed by atoms with Crippen molar-refractivity contribution in [1.29, 1.82) is 0 Å². The lowest BCUT2D eigenvalue weighted by molar-refractivity contribution is 0.168. The maximum absolute atomic E-state index is 12.4. The summed E-state index contributed by atoms with van der Waals surface area (Å²) in [6.07, 6.45) is 3.88. The molecule has 2 heterocycles. The average Bonchev–Trinajstić information content (AvgIpc) is 2.87. The lowest BCUT2D eigenvalue weighted by Crippen LogP contribution is -2.48. The fraction of sp³-hybridized carbons (Fsp3) is 0.438. The van der Waals surface area contributed by atoms with Gasteiger partial charge in [-0.15, -0.1) is 0 Å². The number of carbonyl (C=O) groups excluding carboxylic acids is 1. The van der Waals surface area contributed by atoms with Crippen molar-refractivity contribution in [3.05, 3.63) is 36.5 Å². The predicted molar refractivity (Wildman–Crippen MR) is 81.0 cm³/mol. The fourth-order valence-electron chi connectivity index (χ4n) is 2.92. The first-order chi connectivity index (χ1) is 9.65. The number of benzene rings is 1. The Morgan fingerprint density at radius 3 is 2.90 bits per heavy atom. The average molecular weight is 271 g/mol. The van der Waals surface area contributed by atoms with E-state index in [1.54, 1.807) is 4.57 Å². The first kappa shape index (κ1) is 13.2. The van der Waals surface area contributed by atoms with Crippen LogP contribution in [-0.2, 0) is 0 Å². The van der Waals surface area contributed by atoms with Crippen LogP contribution in [0, 0.1) is 0 Å². The third-order valence-electron chi connectivity index (χ3n) is 4.35. The summed E-state index contributed by atoms with van der Waals surface area (Å²) >= 11 is 0. The maximum Gasteiger partial charge on any atom is 0.326 e. The van der Waals surface area contributed by atoms with E-state index in [1.807, 2.05) is 36.5 Å². The minimum absolute atomic E-state index is 0.0204. The van der Waals surface area contributed by atoms with Crippen molar-refractivity contribution < 1.29 is 4.79 Å². The van der Waals surface area contributed by atoms with Gasteiger partial charge in [0.05, 0.1) is 5.52 Å². The second-order valence-corrected chi connectivity index (χ2v) is 5.74. The van der Waals surface area contributed by atoms with Crippen LogP contribution in [0.25, 0.3) is 10.9 Å². The Kier molecular flexibility index (Phi) is 3.49. The Morgan fingerprint density at radius 2 is 2.10 bits per heavy atom. The van der Waals surface area contributed by atoms with E-state index in [0.717, 1.165) is 30.3 Å². The molecular formula is C16H21N3O. The monoisotopic (exact) mass is 271 g/mol. The van der Waals surface area contributed by atoms with Gasteiger partial charge in [0.1, 0.15) is 0 Å². The van der Waals surface area contributed by atoms with Crippen molar-refractivity contribution in [3.63, 3.8) is 0 Å². The molecule has 2 atom stereocenters. The lowest BCUT2D eigenvalue weighted by atomic mass is 9.99. The lowest BCUT2D eigenvalue weighted by Gasteiger charge is -2.35. The normalized spacial score (nSPS) is 23.9. The van der Waals surface area contributed by atoms with Gasteiger partial charge in [0.15, 0.2) is 0 Å². The summed E-state index contributed by atoms with van der Waals surface area (Å²) in [5.74, 6) is 0. The molecule has 2 unspecified atom stereocenters. The van der Waals surface area contributed by atoms with Crippen molar-refractivity contribution in [3.8, 4) is 0 Å². The van der Waals surface area contributed by atoms with Crippen LogP contribution in [0.5, 0.6) is 0 Å². The van der Waals surface area contributed by atoms with E-state index < -0.39 is 0 Å². The Balaban J connectivity index is 1.73. The topological polar surface area (TPSA) is 37.3 Å². The largest absolute Gasteiger partial charge is 0.335 e. The number of piperidine rings is 1. The van der Waals surface area contributed by atoms with Gasteiger partial charge in [-0.3, -0.25) is 4.57 Å². The minimum Gasteiger partial charge on any atom is -0.335 e. The highest BCUT2D eigenvalue weighted by molar-refractivity contribution is 5.91. The summed E-state index contributed by atoms with van der Waals surface area (Å²) in [7, 11) is 2.14. The molecule has 20 heavy (non-hydrogen) atoms. The van der Waals surface area contributed by atoms with Crippen LogP contribution in [0.2, 0.25) is 0 Å².